The molecule has 6 heteroatoms. The van der Waals surface area contributed by atoms with Gasteiger partial charge in [0.1, 0.15) is 31.6 Å². The van der Waals surface area contributed by atoms with Crippen molar-refractivity contribution in [2.45, 2.75) is 32.2 Å². The van der Waals surface area contributed by atoms with Crippen LogP contribution in [0.4, 0.5) is 5.82 Å². The van der Waals surface area contributed by atoms with Gasteiger partial charge in [-0.15, -0.1) is 11.3 Å². The first kappa shape index (κ1) is 14.4. The molecule has 118 valence electrons. The van der Waals surface area contributed by atoms with Crippen molar-refractivity contribution in [3.63, 3.8) is 0 Å². The molecule has 5 nitrogen and oxygen atoms in total. The van der Waals surface area contributed by atoms with Gasteiger partial charge in [0.15, 0.2) is 0 Å². The number of ether oxygens (including phenoxy) is 1. The van der Waals surface area contributed by atoms with Gasteiger partial charge in [-0.2, -0.15) is 0 Å². The average molecular weight is 320 g/mol. The van der Waals surface area contributed by atoms with Crippen LogP contribution in [-0.4, -0.2) is 37.8 Å². The molecule has 1 fully saturated rings. The lowest BCUT2D eigenvalue weighted by Gasteiger charge is -2.23. The molecule has 22 heavy (non-hydrogen) atoms. The molecule has 2 aromatic rings. The largest absolute Gasteiger partial charge is 0.370 e. The van der Waals surface area contributed by atoms with Crippen molar-refractivity contribution in [2.24, 2.45) is 0 Å². The molecule has 0 saturated carbocycles. The first-order chi connectivity index (χ1) is 10.8. The summed E-state index contributed by atoms with van der Waals surface area (Å²) in [6, 6.07) is 0. The van der Waals surface area contributed by atoms with Gasteiger partial charge in [0.25, 0.3) is 0 Å². The summed E-state index contributed by atoms with van der Waals surface area (Å²) in [6.45, 7) is 6.00. The van der Waals surface area contributed by atoms with E-state index in [9.17, 15) is 0 Å². The Labute approximate surface area is 134 Å². The summed E-state index contributed by atoms with van der Waals surface area (Å²) in [5, 5.41) is 1.24. The third-order valence-electron chi connectivity index (χ3n) is 4.94. The molecule has 3 N–H and O–H groups in total. The fraction of sp³-hybridized carbons (Fsp3) is 0.625. The molecular formula is C16H24N4OS+2. The second kappa shape index (κ2) is 6.10. The van der Waals surface area contributed by atoms with Crippen LogP contribution in [0, 0.1) is 0 Å². The van der Waals surface area contributed by atoms with Crippen molar-refractivity contribution in [1.29, 1.82) is 0 Å². The number of thiophene rings is 1. The van der Waals surface area contributed by atoms with E-state index in [0.717, 1.165) is 50.0 Å². The highest BCUT2D eigenvalue weighted by Crippen LogP contribution is 2.36. The average Bonchev–Trinajstić information content (AvgIpc) is 2.94. The Bertz CT molecular complexity index is 678. The van der Waals surface area contributed by atoms with E-state index < -0.39 is 0 Å². The second-order valence-electron chi connectivity index (χ2n) is 6.33. The molecule has 1 saturated heterocycles. The molecule has 0 spiro atoms. The van der Waals surface area contributed by atoms with Gasteiger partial charge in [0.2, 0.25) is 17.0 Å². The number of nitrogens with one attached hydrogen (secondary N) is 1. The number of rotatable bonds is 3. The fourth-order valence-corrected chi connectivity index (χ4v) is 4.84. The predicted molar refractivity (Wildman–Crippen MR) is 87.3 cm³/mol. The Hall–Kier alpha value is -1.24. The molecule has 1 aliphatic heterocycles. The van der Waals surface area contributed by atoms with Crippen molar-refractivity contribution in [3.8, 4) is 0 Å². The smallest absolute Gasteiger partial charge is 0.231 e. The molecule has 2 aliphatic rings. The molecule has 4 rings (SSSR count). The summed E-state index contributed by atoms with van der Waals surface area (Å²) < 4.78 is 7.57. The van der Waals surface area contributed by atoms with Crippen LogP contribution in [0.1, 0.15) is 23.3 Å². The summed E-state index contributed by atoms with van der Waals surface area (Å²) >= 11 is 1.84. The number of fused-ring (bicyclic) bond motifs is 3. The van der Waals surface area contributed by atoms with Gasteiger partial charge in [-0.05, 0) is 31.2 Å². The summed E-state index contributed by atoms with van der Waals surface area (Å²) in [5.41, 5.74) is 7.98. The maximum Gasteiger partial charge on any atom is 0.231 e. The van der Waals surface area contributed by atoms with Crippen molar-refractivity contribution < 1.29 is 14.2 Å². The maximum absolute atomic E-state index is 6.50. The normalized spacial score (nSPS) is 19.5. The van der Waals surface area contributed by atoms with Crippen molar-refractivity contribution in [2.75, 3.05) is 38.6 Å². The molecule has 0 aromatic carbocycles. The van der Waals surface area contributed by atoms with Gasteiger partial charge in [-0.1, -0.05) is 4.98 Å². The number of aryl methyl sites for hydroxylation is 2. The third-order valence-corrected chi connectivity index (χ3v) is 6.14. The number of nitrogen functional groups attached to an aromatic ring is 1. The SMILES string of the molecule is Nc1c2c3c(sc2nc[n+]1CC[NH+]1CCOCC1)CCCC3. The van der Waals surface area contributed by atoms with Crippen LogP contribution in [0.25, 0.3) is 10.2 Å². The number of quaternary nitrogens is 1. The van der Waals surface area contributed by atoms with E-state index in [0.29, 0.717) is 0 Å². The molecule has 1 aliphatic carbocycles. The van der Waals surface area contributed by atoms with Crippen LogP contribution >= 0.6 is 11.3 Å². The molecule has 0 bridgehead atoms. The van der Waals surface area contributed by atoms with Crippen molar-refractivity contribution in [3.05, 3.63) is 16.8 Å². The minimum Gasteiger partial charge on any atom is -0.370 e. The zero-order valence-electron chi connectivity index (χ0n) is 12.9. The molecule has 0 radical (unpaired) electrons. The molecule has 3 heterocycles. The van der Waals surface area contributed by atoms with Crippen LogP contribution in [0.15, 0.2) is 6.33 Å². The first-order valence-electron chi connectivity index (χ1n) is 8.32. The van der Waals surface area contributed by atoms with Crippen LogP contribution in [0.5, 0.6) is 0 Å². The predicted octanol–water partition coefficient (Wildman–Crippen LogP) is -0.0401. The Morgan fingerprint density at radius 2 is 2.09 bits per heavy atom. The number of aromatic nitrogens is 2. The summed E-state index contributed by atoms with van der Waals surface area (Å²) in [4.78, 5) is 8.92. The van der Waals surface area contributed by atoms with Crippen LogP contribution in [-0.2, 0) is 24.1 Å². The summed E-state index contributed by atoms with van der Waals surface area (Å²) in [5.74, 6) is 0.914. The van der Waals surface area contributed by atoms with Gasteiger partial charge in [-0.25, -0.2) is 4.57 Å². The van der Waals surface area contributed by atoms with Gasteiger partial charge in [0.05, 0.1) is 13.2 Å². The molecule has 2 aromatic heterocycles. The van der Waals surface area contributed by atoms with E-state index in [-0.39, 0.29) is 0 Å². The number of anilines is 1. The number of nitrogens with two attached hydrogens (primary N) is 1. The van der Waals surface area contributed by atoms with E-state index in [1.165, 1.54) is 41.5 Å². The molecule has 0 unspecified atom stereocenters. The fourth-order valence-electron chi connectivity index (χ4n) is 3.60. The van der Waals surface area contributed by atoms with Gasteiger partial charge < -0.3 is 15.4 Å². The Kier molecular flexibility index (Phi) is 3.98. The van der Waals surface area contributed by atoms with Crippen LogP contribution < -0.4 is 15.2 Å². The highest BCUT2D eigenvalue weighted by molar-refractivity contribution is 7.18. The second-order valence-corrected chi connectivity index (χ2v) is 7.41. The topological polar surface area (TPSA) is 56.5 Å². The van der Waals surface area contributed by atoms with E-state index in [4.69, 9.17) is 10.5 Å². The highest BCUT2D eigenvalue weighted by atomic mass is 32.1. The molecule has 0 atom stereocenters. The zero-order chi connectivity index (χ0) is 14.9. The Balaban J connectivity index is 1.59. The summed E-state index contributed by atoms with van der Waals surface area (Å²) in [7, 11) is 0. The number of hydrogen-bond acceptors (Lipinski definition) is 4. The van der Waals surface area contributed by atoms with Crippen LogP contribution in [0.2, 0.25) is 0 Å². The molecule has 0 amide bonds. The Morgan fingerprint density at radius 3 is 2.95 bits per heavy atom. The first-order valence-corrected chi connectivity index (χ1v) is 9.14. The maximum atomic E-state index is 6.50. The van der Waals surface area contributed by atoms with Gasteiger partial charge in [-0.3, -0.25) is 0 Å². The quantitative estimate of drug-likeness (QED) is 0.781. The lowest BCUT2D eigenvalue weighted by atomic mass is 9.97. The minimum atomic E-state index is 0.880. The van der Waals surface area contributed by atoms with E-state index in [2.05, 4.69) is 9.55 Å². The number of morpholine rings is 1. The van der Waals surface area contributed by atoms with Gasteiger partial charge in [0, 0.05) is 4.88 Å². The highest BCUT2D eigenvalue weighted by Gasteiger charge is 2.24. The van der Waals surface area contributed by atoms with E-state index in [1.54, 1.807) is 4.90 Å². The lowest BCUT2D eigenvalue weighted by Crippen LogP contribution is -3.14. The van der Waals surface area contributed by atoms with Crippen molar-refractivity contribution >= 4 is 27.4 Å². The monoisotopic (exact) mass is 320 g/mol. The number of hydrogen-bond donors (Lipinski definition) is 2. The summed E-state index contributed by atoms with van der Waals surface area (Å²) in [6.07, 6.45) is 6.89. The zero-order valence-corrected chi connectivity index (χ0v) is 13.8. The Morgan fingerprint density at radius 1 is 1.27 bits per heavy atom. The van der Waals surface area contributed by atoms with Crippen molar-refractivity contribution in [1.82, 2.24) is 4.98 Å². The number of nitrogens with zero attached hydrogens (tertiary/aromatic N) is 2. The van der Waals surface area contributed by atoms with Gasteiger partial charge >= 0.3 is 0 Å². The lowest BCUT2D eigenvalue weighted by molar-refractivity contribution is -0.925. The standard InChI is InChI=1S/C16H22N4OS/c17-15-14-12-3-1-2-4-13(12)22-16(14)18-11-20(15)6-5-19-7-9-21-10-8-19/h11,17H,1-10H2/p+2. The molecular weight excluding hydrogens is 296 g/mol. The minimum absolute atomic E-state index is 0.880. The van der Waals surface area contributed by atoms with E-state index in [1.807, 2.05) is 17.7 Å². The van der Waals surface area contributed by atoms with Crippen LogP contribution in [0.3, 0.4) is 0 Å². The third kappa shape index (κ3) is 2.59. The van der Waals surface area contributed by atoms with E-state index >= 15 is 0 Å².